The van der Waals surface area contributed by atoms with Gasteiger partial charge in [-0.2, -0.15) is 14.9 Å². The van der Waals surface area contributed by atoms with Crippen LogP contribution in [-0.2, 0) is 42.4 Å². The van der Waals surface area contributed by atoms with Crippen LogP contribution in [0.15, 0.2) is 36.7 Å². The van der Waals surface area contributed by atoms with Crippen molar-refractivity contribution in [2.75, 3.05) is 12.4 Å². The Bertz CT molecular complexity index is 1850. The predicted octanol–water partition coefficient (Wildman–Crippen LogP) is 6.40. The van der Waals surface area contributed by atoms with Crippen molar-refractivity contribution in [2.45, 2.75) is 104 Å². The van der Waals surface area contributed by atoms with Crippen LogP contribution in [0.25, 0.3) is 5.52 Å². The highest BCUT2D eigenvalue weighted by Crippen LogP contribution is 2.41. The molecule has 1 fully saturated rings. The molecular formula is C34H45FN7O8P. The van der Waals surface area contributed by atoms with E-state index in [1.807, 2.05) is 45.9 Å². The number of halogens is 1. The molecule has 276 valence electrons. The second-order valence-corrected chi connectivity index (χ2v) is 14.2. The Morgan fingerprint density at radius 2 is 1.94 bits per heavy atom. The molecule has 3 heterocycles. The number of nitrogens with zero attached hydrogens (tertiary/aromatic N) is 5. The van der Waals surface area contributed by atoms with Crippen molar-refractivity contribution >= 4 is 38.2 Å². The van der Waals surface area contributed by atoms with E-state index in [0.29, 0.717) is 40.9 Å². The van der Waals surface area contributed by atoms with E-state index in [9.17, 15) is 9.59 Å². The molecule has 1 saturated carbocycles. The van der Waals surface area contributed by atoms with Crippen LogP contribution in [0, 0.1) is 13.8 Å². The highest BCUT2D eigenvalue weighted by atomic mass is 31.1. The molecule has 1 aliphatic carbocycles. The average molecular weight is 730 g/mol. The van der Waals surface area contributed by atoms with Crippen LogP contribution in [0.1, 0.15) is 81.0 Å². The van der Waals surface area contributed by atoms with E-state index in [0.717, 1.165) is 16.7 Å². The van der Waals surface area contributed by atoms with Gasteiger partial charge in [0.15, 0.2) is 12.5 Å². The number of rotatable bonds is 15. The highest BCUT2D eigenvalue weighted by Gasteiger charge is 2.39. The summed E-state index contributed by atoms with van der Waals surface area (Å²) in [6.07, 6.45) is 0.658. The van der Waals surface area contributed by atoms with Gasteiger partial charge in [0.1, 0.15) is 29.4 Å². The molecule has 1 aromatic carbocycles. The molecule has 0 saturated heterocycles. The molecule has 17 heteroatoms. The molecule has 51 heavy (non-hydrogen) atoms. The van der Waals surface area contributed by atoms with E-state index in [1.54, 1.807) is 43.9 Å². The maximum absolute atomic E-state index is 15.1. The summed E-state index contributed by atoms with van der Waals surface area (Å²) in [5.74, 6) is 0.544. The fourth-order valence-electron chi connectivity index (χ4n) is 6.54. The van der Waals surface area contributed by atoms with Crippen LogP contribution in [0.2, 0.25) is 0 Å². The van der Waals surface area contributed by atoms with Crippen molar-refractivity contribution in [1.82, 2.24) is 29.7 Å². The Morgan fingerprint density at radius 3 is 2.67 bits per heavy atom. The van der Waals surface area contributed by atoms with Crippen molar-refractivity contribution in [3.63, 3.8) is 0 Å². The molecule has 5 rings (SSSR count). The van der Waals surface area contributed by atoms with Gasteiger partial charge in [0, 0.05) is 48.5 Å². The van der Waals surface area contributed by atoms with Crippen molar-refractivity contribution in [3.05, 3.63) is 64.7 Å². The minimum atomic E-state index is -1.38. The third-order valence-electron chi connectivity index (χ3n) is 8.53. The Kier molecular flexibility index (Phi) is 12.1. The van der Waals surface area contributed by atoms with Crippen molar-refractivity contribution in [1.29, 1.82) is 0 Å². The van der Waals surface area contributed by atoms with E-state index >= 15 is 4.39 Å². The predicted molar refractivity (Wildman–Crippen MR) is 187 cm³/mol. The average Bonchev–Trinajstić information content (AvgIpc) is 3.75. The quantitative estimate of drug-likeness (QED) is 0.0533. The number of carbonyl (C=O) groups is 2. The van der Waals surface area contributed by atoms with Gasteiger partial charge in [0.25, 0.3) is 0 Å². The number of amides is 1. The van der Waals surface area contributed by atoms with E-state index < -0.39 is 38.8 Å². The number of aryl methyl sites for hydroxylation is 2. The molecular weight excluding hydrogens is 684 g/mol. The van der Waals surface area contributed by atoms with Gasteiger partial charge in [-0.15, -0.1) is 0 Å². The van der Waals surface area contributed by atoms with Crippen LogP contribution in [0.5, 0.6) is 5.75 Å². The number of aromatic nitrogens is 5. The number of alkyl halides is 1. The van der Waals surface area contributed by atoms with Crippen molar-refractivity contribution in [3.8, 4) is 5.75 Å². The lowest BCUT2D eigenvalue weighted by molar-refractivity contribution is -0.149. The molecule has 1 amide bonds. The lowest BCUT2D eigenvalue weighted by Gasteiger charge is -2.28. The van der Waals surface area contributed by atoms with E-state index in [4.69, 9.17) is 29.1 Å². The summed E-state index contributed by atoms with van der Waals surface area (Å²) in [5, 5.41) is 24.0. The number of benzene rings is 1. The lowest BCUT2D eigenvalue weighted by atomic mass is 9.78. The Hall–Kier alpha value is -4.37. The fourth-order valence-corrected chi connectivity index (χ4v) is 6.82. The van der Waals surface area contributed by atoms with Gasteiger partial charge in [0.05, 0.1) is 24.4 Å². The van der Waals surface area contributed by atoms with Gasteiger partial charge in [-0.3, -0.25) is 4.79 Å². The molecule has 3 aromatic heterocycles. The Labute approximate surface area is 297 Å². The summed E-state index contributed by atoms with van der Waals surface area (Å²) in [6.45, 7) is 11.3. The molecule has 0 radical (unpaired) electrons. The number of fused-ring (bicyclic) bond motifs is 1. The van der Waals surface area contributed by atoms with Gasteiger partial charge in [-0.05, 0) is 63.8 Å². The highest BCUT2D eigenvalue weighted by molar-refractivity contribution is 7.26. The van der Waals surface area contributed by atoms with Gasteiger partial charge in [-0.25, -0.2) is 28.6 Å². The molecule has 15 nitrogen and oxygen atoms in total. The lowest BCUT2D eigenvalue weighted by Crippen LogP contribution is -2.35. The fraction of sp³-hybridized carbons (Fsp3) is 0.500. The molecule has 0 bridgehead atoms. The Morgan fingerprint density at radius 1 is 1.16 bits per heavy atom. The largest absolute Gasteiger partial charge is 0.447 e. The first-order valence-corrected chi connectivity index (χ1v) is 17.4. The van der Waals surface area contributed by atoms with Crippen LogP contribution in [0.3, 0.4) is 0 Å². The first-order valence-electron chi connectivity index (χ1n) is 16.6. The maximum Gasteiger partial charge on any atom is 0.407 e. The molecule has 4 unspecified atom stereocenters. The molecule has 3 N–H and O–H groups in total. The van der Waals surface area contributed by atoms with E-state index in [-0.39, 0.29) is 38.0 Å². The number of methoxy groups -OCH3 is 1. The molecule has 4 atom stereocenters. The number of anilines is 2. The number of alkyl carbamates (subject to hydrolysis) is 1. The summed E-state index contributed by atoms with van der Waals surface area (Å²) in [6, 6.07) is 7.27. The minimum absolute atomic E-state index is 0.00414. The second-order valence-electron chi connectivity index (χ2n) is 13.6. The molecule has 4 aromatic rings. The number of carbonyl (C=O) groups excluding carboxylic acids is 2. The monoisotopic (exact) mass is 729 g/mol. The first-order chi connectivity index (χ1) is 24.3. The third kappa shape index (κ3) is 9.30. The number of hydrogen-bond donors (Lipinski definition) is 3. The number of nitrogens with one attached hydrogen (secondary N) is 2. The van der Waals surface area contributed by atoms with Crippen molar-refractivity contribution < 1.29 is 42.6 Å². The van der Waals surface area contributed by atoms with Crippen LogP contribution in [0.4, 0.5) is 20.8 Å². The molecule has 0 aliphatic heterocycles. The van der Waals surface area contributed by atoms with Crippen LogP contribution >= 0.6 is 9.03 Å². The molecule has 1 aliphatic rings. The molecule has 0 spiro atoms. The Balaban J connectivity index is 1.38. The van der Waals surface area contributed by atoms with Gasteiger partial charge < -0.3 is 29.4 Å². The zero-order valence-electron chi connectivity index (χ0n) is 29.7. The summed E-state index contributed by atoms with van der Waals surface area (Å²) < 4.78 is 44.5. The zero-order chi connectivity index (χ0) is 36.9. The van der Waals surface area contributed by atoms with Crippen LogP contribution in [-0.4, -0.2) is 67.1 Å². The van der Waals surface area contributed by atoms with Crippen LogP contribution < -0.4 is 15.2 Å². The topological polar surface area (TPSA) is 173 Å². The zero-order valence-corrected chi connectivity index (χ0v) is 30.7. The maximum atomic E-state index is 15.1. The third-order valence-corrected chi connectivity index (χ3v) is 8.91. The number of ether oxygens (including phenoxy) is 3. The summed E-state index contributed by atoms with van der Waals surface area (Å²) in [5.41, 5.74) is 3.84. The summed E-state index contributed by atoms with van der Waals surface area (Å²) >= 11 is 0. The SMILES string of the molecule is COCc1cc2c(Nc3cc(C4CC(F)C(OC(=O)NC(C)C)C4)nn3COC(=O)CC(C)(C)c3c(C)cc(C)cc3OPOO)nccn2n1. The number of esters is 1. The summed E-state index contributed by atoms with van der Waals surface area (Å²) in [4.78, 5) is 30.1. The van der Waals surface area contributed by atoms with Gasteiger partial charge in [0.2, 0.25) is 9.03 Å². The normalized spacial score (nSPS) is 17.8. The second kappa shape index (κ2) is 16.3. The smallest absolute Gasteiger partial charge is 0.407 e. The van der Waals surface area contributed by atoms with Gasteiger partial charge in [-0.1, -0.05) is 19.9 Å². The first kappa shape index (κ1) is 37.9. The minimum Gasteiger partial charge on any atom is -0.447 e. The van der Waals surface area contributed by atoms with Gasteiger partial charge >= 0.3 is 12.1 Å². The number of hydrogen-bond acceptors (Lipinski definition) is 12. The standard InChI is InChI=1S/C34H45FN7O8P/c1-19(2)37-33(44)48-27-13-22(12-24(27)35)25-15-29(38-32-26-14-23(17-46-7)39-41(26)9-8-36-32)42(40-25)18-47-30(43)16-34(5,6)31-21(4)10-20(3)11-28(31)49-51-50-45/h8-11,14-15,19,22,24,27,45,51H,12-13,16-18H2,1-7H3,(H,36,38)(H,37,44). The van der Waals surface area contributed by atoms with E-state index in [2.05, 4.69) is 25.4 Å². The van der Waals surface area contributed by atoms with E-state index in [1.165, 1.54) is 4.68 Å². The van der Waals surface area contributed by atoms with Crippen molar-refractivity contribution in [2.24, 2.45) is 0 Å². The summed E-state index contributed by atoms with van der Waals surface area (Å²) in [7, 11) is 0.956.